The van der Waals surface area contributed by atoms with Gasteiger partial charge >= 0.3 is 0 Å². The van der Waals surface area contributed by atoms with Crippen molar-refractivity contribution in [3.05, 3.63) is 23.8 Å². The fourth-order valence-electron chi connectivity index (χ4n) is 1.33. The normalized spacial score (nSPS) is 12.9. The van der Waals surface area contributed by atoms with Gasteiger partial charge in [0.1, 0.15) is 5.82 Å². The molecule has 0 heterocycles. The molecule has 0 spiro atoms. The maximum absolute atomic E-state index is 13.1. The summed E-state index contributed by atoms with van der Waals surface area (Å²) in [6.07, 6.45) is 0. The van der Waals surface area contributed by atoms with E-state index in [1.165, 1.54) is 0 Å². The van der Waals surface area contributed by atoms with Gasteiger partial charge in [-0.2, -0.15) is 0 Å². The van der Waals surface area contributed by atoms with E-state index >= 15 is 0 Å². The second-order valence-corrected chi connectivity index (χ2v) is 4.03. The zero-order chi connectivity index (χ0) is 12.3. The zero-order valence-electron chi connectivity index (χ0n) is 9.30. The molecule has 5 heteroatoms. The first kappa shape index (κ1) is 12.7. The van der Waals surface area contributed by atoms with Crippen molar-refractivity contribution >= 4 is 11.4 Å². The van der Waals surface area contributed by atoms with Crippen molar-refractivity contribution in [1.82, 2.24) is 0 Å². The molecule has 4 N–H and O–H groups in total. The van der Waals surface area contributed by atoms with Gasteiger partial charge in [-0.15, -0.1) is 0 Å². The number of nitrogens with two attached hydrogens (primary N) is 1. The van der Waals surface area contributed by atoms with Crippen LogP contribution in [0, 0.1) is 17.6 Å². The predicted octanol–water partition coefficient (Wildman–Crippen LogP) is 1.98. The summed E-state index contributed by atoms with van der Waals surface area (Å²) in [6.45, 7) is 3.65. The number of benzene rings is 1. The van der Waals surface area contributed by atoms with Crippen LogP contribution in [0.2, 0.25) is 0 Å². The summed E-state index contributed by atoms with van der Waals surface area (Å²) in [5, 5.41) is 11.9. The summed E-state index contributed by atoms with van der Waals surface area (Å²) in [5.74, 6) is -1.38. The van der Waals surface area contributed by atoms with Gasteiger partial charge in [-0.25, -0.2) is 8.78 Å². The zero-order valence-corrected chi connectivity index (χ0v) is 9.30. The Hall–Kier alpha value is -1.36. The molecule has 0 aliphatic rings. The second kappa shape index (κ2) is 5.12. The molecule has 1 rings (SSSR count). The SMILES string of the molecule is CC(C)[C@@H](CO)Nc1cc(F)cc(F)c1N. The molecule has 1 atom stereocenters. The first-order valence-corrected chi connectivity index (χ1v) is 5.07. The van der Waals surface area contributed by atoms with Crippen LogP contribution in [-0.2, 0) is 0 Å². The molecular formula is C11H16F2N2O. The summed E-state index contributed by atoms with van der Waals surface area (Å²) in [5.41, 5.74) is 5.50. The molecule has 0 amide bonds. The van der Waals surface area contributed by atoms with Crippen LogP contribution in [0.3, 0.4) is 0 Å². The molecule has 1 aromatic carbocycles. The number of anilines is 2. The third-order valence-corrected chi connectivity index (χ3v) is 2.44. The summed E-state index contributed by atoms with van der Waals surface area (Å²) >= 11 is 0. The average molecular weight is 230 g/mol. The standard InChI is InChI=1S/C11H16F2N2O/c1-6(2)10(5-16)15-9-4-7(12)3-8(13)11(9)14/h3-4,6,10,15-16H,5,14H2,1-2H3/t10-/m1/s1. The number of halogens is 2. The number of nitrogen functional groups attached to an aromatic ring is 1. The van der Waals surface area contributed by atoms with Crippen LogP contribution >= 0.6 is 0 Å². The van der Waals surface area contributed by atoms with Crippen LogP contribution in [-0.4, -0.2) is 17.8 Å². The van der Waals surface area contributed by atoms with Crippen molar-refractivity contribution < 1.29 is 13.9 Å². The number of aliphatic hydroxyl groups excluding tert-OH is 1. The molecule has 0 saturated carbocycles. The lowest BCUT2D eigenvalue weighted by Crippen LogP contribution is -2.30. The highest BCUT2D eigenvalue weighted by atomic mass is 19.1. The number of aliphatic hydroxyl groups is 1. The fraction of sp³-hybridized carbons (Fsp3) is 0.455. The Morgan fingerprint density at radius 2 is 2.00 bits per heavy atom. The highest BCUT2D eigenvalue weighted by molar-refractivity contribution is 5.67. The minimum absolute atomic E-state index is 0.121. The number of hydrogen-bond donors (Lipinski definition) is 3. The molecule has 0 saturated heterocycles. The van der Waals surface area contributed by atoms with E-state index in [1.54, 1.807) is 0 Å². The second-order valence-electron chi connectivity index (χ2n) is 4.03. The van der Waals surface area contributed by atoms with Crippen LogP contribution in [0.25, 0.3) is 0 Å². The average Bonchev–Trinajstić information content (AvgIpc) is 2.20. The maximum atomic E-state index is 13.1. The Kier molecular flexibility index (Phi) is 4.06. The molecular weight excluding hydrogens is 214 g/mol. The minimum Gasteiger partial charge on any atom is -0.395 e. The third-order valence-electron chi connectivity index (χ3n) is 2.44. The first-order valence-electron chi connectivity index (χ1n) is 5.07. The fourth-order valence-corrected chi connectivity index (χ4v) is 1.33. The predicted molar refractivity (Wildman–Crippen MR) is 60.1 cm³/mol. The largest absolute Gasteiger partial charge is 0.395 e. The van der Waals surface area contributed by atoms with Crippen LogP contribution in [0.5, 0.6) is 0 Å². The Balaban J connectivity index is 2.96. The molecule has 3 nitrogen and oxygen atoms in total. The van der Waals surface area contributed by atoms with E-state index in [2.05, 4.69) is 5.32 Å². The van der Waals surface area contributed by atoms with Crippen LogP contribution in [0.1, 0.15) is 13.8 Å². The first-order chi connectivity index (χ1) is 7.45. The van der Waals surface area contributed by atoms with Crippen molar-refractivity contribution in [3.8, 4) is 0 Å². The summed E-state index contributed by atoms with van der Waals surface area (Å²) in [7, 11) is 0. The lowest BCUT2D eigenvalue weighted by Gasteiger charge is -2.22. The van der Waals surface area contributed by atoms with Crippen LogP contribution in [0.15, 0.2) is 12.1 Å². The van der Waals surface area contributed by atoms with Crippen LogP contribution in [0.4, 0.5) is 20.2 Å². The molecule has 0 aliphatic heterocycles. The smallest absolute Gasteiger partial charge is 0.151 e. The van der Waals surface area contributed by atoms with Gasteiger partial charge in [0.05, 0.1) is 24.0 Å². The number of hydrogen-bond acceptors (Lipinski definition) is 3. The van der Waals surface area contributed by atoms with E-state index in [0.29, 0.717) is 0 Å². The molecule has 16 heavy (non-hydrogen) atoms. The molecule has 90 valence electrons. The van der Waals surface area contributed by atoms with Gasteiger partial charge in [-0.3, -0.25) is 0 Å². The summed E-state index contributed by atoms with van der Waals surface area (Å²) in [4.78, 5) is 0. The molecule has 0 aliphatic carbocycles. The van der Waals surface area contributed by atoms with Crippen molar-refractivity contribution in [3.63, 3.8) is 0 Å². The Labute approximate surface area is 93.3 Å². The molecule has 0 unspecified atom stereocenters. The number of rotatable bonds is 4. The van der Waals surface area contributed by atoms with E-state index in [4.69, 9.17) is 10.8 Å². The van der Waals surface area contributed by atoms with E-state index in [0.717, 1.165) is 12.1 Å². The van der Waals surface area contributed by atoms with Gasteiger partial charge in [-0.1, -0.05) is 13.8 Å². The molecule has 0 aromatic heterocycles. The molecule has 1 aromatic rings. The highest BCUT2D eigenvalue weighted by Gasteiger charge is 2.15. The van der Waals surface area contributed by atoms with Gasteiger partial charge in [0.2, 0.25) is 0 Å². The summed E-state index contributed by atoms with van der Waals surface area (Å²) in [6, 6.07) is 1.55. The van der Waals surface area contributed by atoms with Gasteiger partial charge < -0.3 is 16.2 Å². The maximum Gasteiger partial charge on any atom is 0.151 e. The van der Waals surface area contributed by atoms with Gasteiger partial charge in [0.15, 0.2) is 5.82 Å². The molecule has 0 bridgehead atoms. The monoisotopic (exact) mass is 230 g/mol. The minimum atomic E-state index is -0.803. The quantitative estimate of drug-likeness (QED) is 0.693. The van der Waals surface area contributed by atoms with E-state index < -0.39 is 11.6 Å². The van der Waals surface area contributed by atoms with Crippen molar-refractivity contribution in [1.29, 1.82) is 0 Å². The van der Waals surface area contributed by atoms with E-state index in [1.807, 2.05) is 13.8 Å². The molecule has 0 fully saturated rings. The lowest BCUT2D eigenvalue weighted by atomic mass is 10.0. The van der Waals surface area contributed by atoms with E-state index in [9.17, 15) is 8.78 Å². The van der Waals surface area contributed by atoms with Crippen molar-refractivity contribution in [2.45, 2.75) is 19.9 Å². The van der Waals surface area contributed by atoms with Gasteiger partial charge in [-0.05, 0) is 12.0 Å². The third kappa shape index (κ3) is 2.82. The van der Waals surface area contributed by atoms with Crippen molar-refractivity contribution in [2.75, 3.05) is 17.7 Å². The Morgan fingerprint density at radius 3 is 2.50 bits per heavy atom. The van der Waals surface area contributed by atoms with Gasteiger partial charge in [0, 0.05) is 6.07 Å². The molecule has 0 radical (unpaired) electrons. The highest BCUT2D eigenvalue weighted by Crippen LogP contribution is 2.25. The van der Waals surface area contributed by atoms with Gasteiger partial charge in [0.25, 0.3) is 0 Å². The van der Waals surface area contributed by atoms with Crippen LogP contribution < -0.4 is 11.1 Å². The van der Waals surface area contributed by atoms with Crippen molar-refractivity contribution in [2.24, 2.45) is 5.92 Å². The Bertz CT molecular complexity index is 369. The summed E-state index contributed by atoms with van der Waals surface area (Å²) < 4.78 is 26.1. The lowest BCUT2D eigenvalue weighted by molar-refractivity contribution is 0.249. The topological polar surface area (TPSA) is 58.3 Å². The number of nitrogens with one attached hydrogen (secondary N) is 1. The van der Waals surface area contributed by atoms with E-state index in [-0.39, 0.29) is 29.9 Å². The Morgan fingerprint density at radius 1 is 1.38 bits per heavy atom.